The fourth-order valence-corrected chi connectivity index (χ4v) is 7.20. The fourth-order valence-electron chi connectivity index (χ4n) is 6.29. The number of benzene rings is 2. The van der Waals surface area contributed by atoms with Crippen molar-refractivity contribution in [3.05, 3.63) is 91.5 Å². The van der Waals surface area contributed by atoms with Crippen LogP contribution < -0.4 is 21.0 Å². The third kappa shape index (κ3) is 3.62. The molecule has 3 aromatic rings. The Labute approximate surface area is 253 Å². The van der Waals surface area contributed by atoms with Gasteiger partial charge in [-0.1, -0.05) is 24.3 Å². The molecule has 2 aromatic carbocycles. The summed E-state index contributed by atoms with van der Waals surface area (Å²) in [6, 6.07) is 4.64. The molecule has 3 aliphatic rings. The van der Waals surface area contributed by atoms with Gasteiger partial charge in [0.25, 0.3) is 11.8 Å². The Morgan fingerprint density at radius 1 is 0.932 bits per heavy atom. The van der Waals surface area contributed by atoms with Gasteiger partial charge in [0, 0.05) is 24.9 Å². The van der Waals surface area contributed by atoms with Crippen LogP contribution in [0.5, 0.6) is 5.75 Å². The van der Waals surface area contributed by atoms with Crippen molar-refractivity contribution in [2.75, 3.05) is 18.1 Å². The van der Waals surface area contributed by atoms with Crippen LogP contribution in [-0.2, 0) is 23.2 Å². The molecule has 0 unspecified atom stereocenters. The van der Waals surface area contributed by atoms with E-state index < -0.39 is 92.7 Å². The monoisotopic (exact) mass is 660 g/mol. The summed E-state index contributed by atoms with van der Waals surface area (Å²) < 4.78 is 81.0. The lowest BCUT2D eigenvalue weighted by Gasteiger charge is -2.49. The van der Waals surface area contributed by atoms with Crippen molar-refractivity contribution in [2.24, 2.45) is 7.05 Å². The quantitative estimate of drug-likeness (QED) is 0.112. The van der Waals surface area contributed by atoms with Crippen molar-refractivity contribution >= 4 is 40.7 Å². The van der Waals surface area contributed by atoms with Gasteiger partial charge in [0.1, 0.15) is 18.0 Å². The van der Waals surface area contributed by atoms with Crippen molar-refractivity contribution in [1.82, 2.24) is 13.9 Å². The standard InChI is InChI=1S/C27H19Cl2F5N4O6/c1-35-24(42)36-7-6-11-13(38(36)25(35)43)10-26(28)22(40)37(21-19(33)17(31)16(30)18(32)20(21)34)23(41)27(26,29)15(11)12-4-2-3-5-14(12)44-9-8-39/h2-6,13,15,39H,7-10H2,1H3/t13-,15-,26-,27+/m1/s1. The average Bonchev–Trinajstić information content (AvgIpc) is 3.32. The van der Waals surface area contributed by atoms with Gasteiger partial charge < -0.3 is 9.84 Å². The van der Waals surface area contributed by atoms with E-state index in [0.29, 0.717) is 0 Å². The summed E-state index contributed by atoms with van der Waals surface area (Å²) in [4.78, 5) is 48.6. The molecule has 1 aromatic heterocycles. The molecule has 2 aliphatic heterocycles. The number of amides is 2. The normalized spacial score (nSPS) is 25.9. The third-order valence-corrected chi connectivity index (χ3v) is 9.67. The summed E-state index contributed by atoms with van der Waals surface area (Å²) in [5.41, 5.74) is -3.16. The van der Waals surface area contributed by atoms with Crippen LogP contribution in [0.25, 0.3) is 0 Å². The van der Waals surface area contributed by atoms with Crippen LogP contribution in [-0.4, -0.2) is 53.8 Å². The molecule has 1 aliphatic carbocycles. The van der Waals surface area contributed by atoms with Crippen LogP contribution >= 0.6 is 23.2 Å². The lowest BCUT2D eigenvalue weighted by molar-refractivity contribution is -0.122. The zero-order valence-corrected chi connectivity index (χ0v) is 23.8. The number of aliphatic hydroxyl groups is 1. The van der Waals surface area contributed by atoms with Crippen molar-refractivity contribution in [1.29, 1.82) is 0 Å². The first-order valence-electron chi connectivity index (χ1n) is 12.9. The highest BCUT2D eigenvalue weighted by molar-refractivity contribution is 6.58. The maximum Gasteiger partial charge on any atom is 0.347 e. The van der Waals surface area contributed by atoms with Gasteiger partial charge in [-0.25, -0.2) is 50.4 Å². The van der Waals surface area contributed by atoms with E-state index in [1.165, 1.54) is 37.4 Å². The molecule has 1 saturated heterocycles. The van der Waals surface area contributed by atoms with Crippen molar-refractivity contribution in [3.8, 4) is 5.75 Å². The van der Waals surface area contributed by atoms with E-state index in [9.17, 15) is 37.5 Å². The number of halogens is 7. The minimum absolute atomic E-state index is 0.0328. The number of carbonyl (C=O) groups excluding carboxylic acids is 2. The van der Waals surface area contributed by atoms with Gasteiger partial charge in [0.15, 0.2) is 33.0 Å². The molecular formula is C27H19Cl2F5N4O6. The Kier molecular flexibility index (Phi) is 6.86. The topological polar surface area (TPSA) is 116 Å². The van der Waals surface area contributed by atoms with Crippen LogP contribution in [0.15, 0.2) is 45.5 Å². The number of hydrogen-bond acceptors (Lipinski definition) is 6. The van der Waals surface area contributed by atoms with Crippen LogP contribution in [0.2, 0.25) is 0 Å². The maximum atomic E-state index is 15.1. The van der Waals surface area contributed by atoms with E-state index in [1.54, 1.807) is 0 Å². The second-order valence-corrected chi connectivity index (χ2v) is 11.6. The summed E-state index contributed by atoms with van der Waals surface area (Å²) in [6.07, 6.45) is 0.762. The molecule has 4 atom stereocenters. The number of aliphatic hydroxyl groups excluding tert-OH is 1. The summed E-state index contributed by atoms with van der Waals surface area (Å²) in [7, 11) is 1.21. The zero-order valence-electron chi connectivity index (χ0n) is 22.3. The second kappa shape index (κ2) is 10.0. The molecular weight excluding hydrogens is 642 g/mol. The van der Waals surface area contributed by atoms with Crippen molar-refractivity contribution in [3.63, 3.8) is 0 Å². The average molecular weight is 661 g/mol. The Balaban J connectivity index is 1.66. The van der Waals surface area contributed by atoms with Gasteiger partial charge in [-0.15, -0.1) is 23.2 Å². The molecule has 1 N–H and O–H groups in total. The molecule has 3 heterocycles. The number of alkyl halides is 2. The SMILES string of the molecule is Cn1c(=O)n2n(c1=O)[C@@H]1C[C@@]3(Cl)C(=O)N(c4c(F)c(F)c(F)c(F)c4F)C(=O)[C@@]3(Cl)[C@@H](c3ccccc3OCCO)C1=CC2. The van der Waals surface area contributed by atoms with Gasteiger partial charge in [-0.3, -0.25) is 9.59 Å². The number of rotatable bonds is 5. The Morgan fingerprint density at radius 2 is 1.55 bits per heavy atom. The third-order valence-electron chi connectivity index (χ3n) is 8.26. The van der Waals surface area contributed by atoms with Gasteiger partial charge in [0.2, 0.25) is 5.82 Å². The highest BCUT2D eigenvalue weighted by Crippen LogP contribution is 2.64. The number of fused-ring (bicyclic) bond motifs is 4. The van der Waals surface area contributed by atoms with Crippen LogP contribution in [0.3, 0.4) is 0 Å². The molecule has 2 amide bonds. The molecule has 0 spiro atoms. The molecule has 10 nitrogen and oxygen atoms in total. The zero-order chi connectivity index (χ0) is 32.0. The summed E-state index contributed by atoms with van der Waals surface area (Å²) in [5.74, 6) is -17.0. The number of aromatic nitrogens is 3. The van der Waals surface area contributed by atoms with Gasteiger partial charge in [-0.05, 0) is 11.6 Å². The molecule has 0 radical (unpaired) electrons. The van der Waals surface area contributed by atoms with E-state index in [0.717, 1.165) is 13.9 Å². The lowest BCUT2D eigenvalue weighted by atomic mass is 9.64. The molecule has 44 heavy (non-hydrogen) atoms. The van der Waals surface area contributed by atoms with Crippen LogP contribution in [0.4, 0.5) is 27.6 Å². The number of carbonyl (C=O) groups is 2. The Hall–Kier alpha value is -3.95. The molecule has 232 valence electrons. The minimum atomic E-state index is -2.70. The van der Waals surface area contributed by atoms with Crippen molar-refractivity contribution in [2.45, 2.75) is 34.7 Å². The molecule has 2 fully saturated rings. The predicted molar refractivity (Wildman–Crippen MR) is 143 cm³/mol. The van der Waals surface area contributed by atoms with Gasteiger partial charge in [0.05, 0.1) is 19.2 Å². The first-order valence-corrected chi connectivity index (χ1v) is 13.7. The van der Waals surface area contributed by atoms with E-state index in [4.69, 9.17) is 27.9 Å². The van der Waals surface area contributed by atoms with E-state index in [-0.39, 0.29) is 34.9 Å². The predicted octanol–water partition coefficient (Wildman–Crippen LogP) is 2.61. The Morgan fingerprint density at radius 3 is 2.18 bits per heavy atom. The molecule has 0 bridgehead atoms. The highest BCUT2D eigenvalue weighted by Gasteiger charge is 2.76. The molecule has 1 saturated carbocycles. The summed E-state index contributed by atoms with van der Waals surface area (Å²) in [6.45, 7) is -0.885. The smallest absolute Gasteiger partial charge is 0.347 e. The summed E-state index contributed by atoms with van der Waals surface area (Å²) in [5, 5.41) is 9.36. The largest absolute Gasteiger partial charge is 0.491 e. The van der Waals surface area contributed by atoms with Gasteiger partial charge in [-0.2, -0.15) is 0 Å². The number of para-hydroxylation sites is 1. The number of ether oxygens (including phenoxy) is 1. The number of hydrogen-bond donors (Lipinski definition) is 1. The molecule has 17 heteroatoms. The first kappa shape index (κ1) is 30.1. The van der Waals surface area contributed by atoms with Crippen molar-refractivity contribution < 1.29 is 41.4 Å². The van der Waals surface area contributed by atoms with Gasteiger partial charge >= 0.3 is 11.4 Å². The second-order valence-electron chi connectivity index (χ2n) is 10.4. The summed E-state index contributed by atoms with van der Waals surface area (Å²) >= 11 is 14.0. The number of nitrogens with zero attached hydrogens (tertiary/aromatic N) is 4. The number of anilines is 1. The van der Waals surface area contributed by atoms with Crippen LogP contribution in [0.1, 0.15) is 23.9 Å². The Bertz CT molecular complexity index is 1910. The maximum absolute atomic E-state index is 15.1. The first-order chi connectivity index (χ1) is 20.7. The van der Waals surface area contributed by atoms with Crippen LogP contribution in [0, 0.1) is 29.1 Å². The highest BCUT2D eigenvalue weighted by atomic mass is 35.5. The fraction of sp³-hybridized carbons (Fsp3) is 0.333. The van der Waals surface area contributed by atoms with E-state index in [2.05, 4.69) is 0 Å². The van der Waals surface area contributed by atoms with E-state index >= 15 is 8.78 Å². The minimum Gasteiger partial charge on any atom is -0.491 e. The number of imide groups is 1. The van der Waals surface area contributed by atoms with E-state index in [1.807, 2.05) is 0 Å². The lowest BCUT2D eigenvalue weighted by Crippen LogP contribution is -2.59. The molecule has 6 rings (SSSR count). The number of allylic oxidation sites excluding steroid dienone is 2.